The number of carbonyl (C=O) groups is 4. The number of aliphatic hydroxyl groups excluding tert-OH is 2. The van der Waals surface area contributed by atoms with Crippen molar-refractivity contribution in [2.45, 2.75) is 39.2 Å². The van der Waals surface area contributed by atoms with E-state index in [-0.39, 0.29) is 50.0 Å². The molecule has 10 heteroatoms. The van der Waals surface area contributed by atoms with Gasteiger partial charge < -0.3 is 26.0 Å². The fraction of sp³-hybridized carbons (Fsp3) is 0.733. The number of carboxylic acid groups (broad SMARTS) is 1. The van der Waals surface area contributed by atoms with E-state index in [1.165, 1.54) is 0 Å². The number of aliphatic hydroxyl groups is 2. The van der Waals surface area contributed by atoms with Crippen molar-refractivity contribution in [1.82, 2.24) is 10.6 Å². The zero-order chi connectivity index (χ0) is 19.5. The van der Waals surface area contributed by atoms with Crippen LogP contribution in [-0.2, 0) is 19.2 Å². The summed E-state index contributed by atoms with van der Waals surface area (Å²) in [6, 6.07) is 0. The Morgan fingerprint density at radius 1 is 1.04 bits per heavy atom. The Labute approximate surface area is 150 Å². The SMILES string of the molecule is CC(C)(CO)[C@@H](O)C(=O)NCCC(=O)NCCSC(=O)CCC(=O)O. The van der Waals surface area contributed by atoms with E-state index >= 15 is 0 Å². The maximum absolute atomic E-state index is 11.7. The highest BCUT2D eigenvalue weighted by Crippen LogP contribution is 2.19. The van der Waals surface area contributed by atoms with Gasteiger partial charge in [-0.15, -0.1) is 0 Å². The largest absolute Gasteiger partial charge is 0.481 e. The molecule has 0 saturated heterocycles. The van der Waals surface area contributed by atoms with Crippen LogP contribution in [0.4, 0.5) is 0 Å². The lowest BCUT2D eigenvalue weighted by Gasteiger charge is -2.27. The van der Waals surface area contributed by atoms with Crippen molar-refractivity contribution in [2.24, 2.45) is 5.41 Å². The molecule has 144 valence electrons. The van der Waals surface area contributed by atoms with Gasteiger partial charge in [0.25, 0.3) is 0 Å². The van der Waals surface area contributed by atoms with Crippen molar-refractivity contribution in [3.8, 4) is 0 Å². The first-order valence-electron chi connectivity index (χ1n) is 7.81. The predicted octanol–water partition coefficient (Wildman–Crippen LogP) is -0.887. The molecular formula is C15H26N2O7S. The van der Waals surface area contributed by atoms with Crippen molar-refractivity contribution in [1.29, 1.82) is 0 Å². The lowest BCUT2D eigenvalue weighted by molar-refractivity contribution is -0.138. The molecule has 0 aromatic rings. The maximum Gasteiger partial charge on any atom is 0.303 e. The molecule has 0 aliphatic rings. The first-order chi connectivity index (χ1) is 11.6. The fourth-order valence-electron chi connectivity index (χ4n) is 1.56. The number of carboxylic acids is 1. The third-order valence-corrected chi connectivity index (χ3v) is 4.21. The van der Waals surface area contributed by atoms with Crippen LogP contribution in [0.5, 0.6) is 0 Å². The molecule has 0 saturated carbocycles. The number of carbonyl (C=O) groups excluding carboxylic acids is 3. The summed E-state index contributed by atoms with van der Waals surface area (Å²) < 4.78 is 0. The van der Waals surface area contributed by atoms with Gasteiger partial charge in [-0.3, -0.25) is 19.2 Å². The smallest absolute Gasteiger partial charge is 0.303 e. The third-order valence-electron chi connectivity index (χ3n) is 3.28. The van der Waals surface area contributed by atoms with E-state index in [1.807, 2.05) is 0 Å². The summed E-state index contributed by atoms with van der Waals surface area (Å²) in [6.07, 6.45) is -1.63. The topological polar surface area (TPSA) is 153 Å². The molecule has 0 aliphatic carbocycles. The third kappa shape index (κ3) is 10.7. The second-order valence-corrected chi connectivity index (χ2v) is 7.21. The molecule has 25 heavy (non-hydrogen) atoms. The van der Waals surface area contributed by atoms with E-state index < -0.39 is 23.4 Å². The van der Waals surface area contributed by atoms with Gasteiger partial charge >= 0.3 is 5.97 Å². The number of amides is 2. The molecule has 0 unspecified atom stereocenters. The maximum atomic E-state index is 11.7. The van der Waals surface area contributed by atoms with Crippen LogP contribution in [0.25, 0.3) is 0 Å². The summed E-state index contributed by atoms with van der Waals surface area (Å²) in [7, 11) is 0. The standard InChI is InChI=1S/C15H26N2O7S/c1-15(2,9-18)13(23)14(24)17-6-5-10(19)16-7-8-25-12(22)4-3-11(20)21/h13,18,23H,3-9H2,1-2H3,(H,16,19)(H,17,24)(H,20,21)/t13-/m0/s1. The quantitative estimate of drug-likeness (QED) is 0.274. The Hall–Kier alpha value is -1.65. The molecule has 1 atom stereocenters. The van der Waals surface area contributed by atoms with E-state index in [0.717, 1.165) is 11.8 Å². The number of hydrogen-bond donors (Lipinski definition) is 5. The second kappa shape index (κ2) is 11.8. The van der Waals surface area contributed by atoms with E-state index in [4.69, 9.17) is 10.2 Å². The second-order valence-electron chi connectivity index (χ2n) is 6.05. The van der Waals surface area contributed by atoms with Gasteiger partial charge in [-0.25, -0.2) is 0 Å². The highest BCUT2D eigenvalue weighted by atomic mass is 32.2. The summed E-state index contributed by atoms with van der Waals surface area (Å²) in [5.74, 6) is -1.68. The first kappa shape index (κ1) is 23.4. The van der Waals surface area contributed by atoms with Crippen LogP contribution in [0.2, 0.25) is 0 Å². The summed E-state index contributed by atoms with van der Waals surface area (Å²) in [4.78, 5) is 44.9. The molecule has 0 rings (SSSR count). The van der Waals surface area contributed by atoms with Gasteiger partial charge in [0.1, 0.15) is 6.10 Å². The Balaban J connectivity index is 3.83. The lowest BCUT2D eigenvalue weighted by atomic mass is 9.87. The van der Waals surface area contributed by atoms with Gasteiger partial charge in [0.15, 0.2) is 5.12 Å². The monoisotopic (exact) mass is 378 g/mol. The Morgan fingerprint density at radius 3 is 2.24 bits per heavy atom. The minimum atomic E-state index is -1.38. The molecule has 0 heterocycles. The van der Waals surface area contributed by atoms with Crippen molar-refractivity contribution in [3.05, 3.63) is 0 Å². The molecule has 0 radical (unpaired) electrons. The highest BCUT2D eigenvalue weighted by molar-refractivity contribution is 8.13. The van der Waals surface area contributed by atoms with E-state index in [0.29, 0.717) is 5.75 Å². The van der Waals surface area contributed by atoms with Gasteiger partial charge in [0.05, 0.1) is 13.0 Å². The number of hydrogen-bond acceptors (Lipinski definition) is 7. The number of thioether (sulfide) groups is 1. The van der Waals surface area contributed by atoms with Crippen LogP contribution >= 0.6 is 11.8 Å². The van der Waals surface area contributed by atoms with Crippen LogP contribution in [0.1, 0.15) is 33.1 Å². The van der Waals surface area contributed by atoms with Crippen LogP contribution in [0, 0.1) is 5.41 Å². The Morgan fingerprint density at radius 2 is 1.68 bits per heavy atom. The van der Waals surface area contributed by atoms with E-state index in [1.54, 1.807) is 13.8 Å². The lowest BCUT2D eigenvalue weighted by Crippen LogP contribution is -2.46. The number of nitrogens with one attached hydrogen (secondary N) is 2. The first-order valence-corrected chi connectivity index (χ1v) is 8.79. The van der Waals surface area contributed by atoms with Crippen molar-refractivity contribution in [3.63, 3.8) is 0 Å². The summed E-state index contributed by atoms with van der Waals surface area (Å²) in [6.45, 7) is 3.01. The highest BCUT2D eigenvalue weighted by Gasteiger charge is 2.32. The molecule has 0 spiro atoms. The molecule has 0 bridgehead atoms. The normalized spacial score (nSPS) is 12.3. The summed E-state index contributed by atoms with van der Waals surface area (Å²) in [5, 5.41) is 32.0. The fourth-order valence-corrected chi connectivity index (χ4v) is 2.24. The number of rotatable bonds is 12. The molecule has 0 aromatic carbocycles. The van der Waals surface area contributed by atoms with Gasteiger partial charge in [-0.2, -0.15) is 0 Å². The van der Waals surface area contributed by atoms with Crippen molar-refractivity contribution >= 4 is 34.7 Å². The molecule has 5 N–H and O–H groups in total. The Kier molecular flexibility index (Phi) is 11.0. The van der Waals surface area contributed by atoms with Crippen LogP contribution in [0.3, 0.4) is 0 Å². The molecule has 0 aromatic heterocycles. The van der Waals surface area contributed by atoms with Gasteiger partial charge in [0, 0.05) is 37.1 Å². The van der Waals surface area contributed by atoms with E-state index in [2.05, 4.69) is 10.6 Å². The van der Waals surface area contributed by atoms with Crippen molar-refractivity contribution in [2.75, 3.05) is 25.4 Å². The zero-order valence-corrected chi connectivity index (χ0v) is 15.2. The van der Waals surface area contributed by atoms with Gasteiger partial charge in [-0.05, 0) is 0 Å². The van der Waals surface area contributed by atoms with Crippen molar-refractivity contribution < 1.29 is 34.5 Å². The predicted molar refractivity (Wildman–Crippen MR) is 91.8 cm³/mol. The average Bonchev–Trinajstić information content (AvgIpc) is 2.55. The number of aliphatic carboxylic acids is 1. The van der Waals surface area contributed by atoms with E-state index in [9.17, 15) is 24.3 Å². The summed E-state index contributed by atoms with van der Waals surface area (Å²) in [5.41, 5.74) is -0.975. The van der Waals surface area contributed by atoms with Gasteiger partial charge in [0.2, 0.25) is 11.8 Å². The van der Waals surface area contributed by atoms with Crippen LogP contribution in [0.15, 0.2) is 0 Å². The van der Waals surface area contributed by atoms with Crippen LogP contribution < -0.4 is 10.6 Å². The van der Waals surface area contributed by atoms with Crippen LogP contribution in [-0.4, -0.2) is 69.8 Å². The molecule has 0 aliphatic heterocycles. The minimum absolute atomic E-state index is 0.00956. The molecule has 2 amide bonds. The molecule has 9 nitrogen and oxygen atoms in total. The minimum Gasteiger partial charge on any atom is -0.481 e. The summed E-state index contributed by atoms with van der Waals surface area (Å²) >= 11 is 0.955. The van der Waals surface area contributed by atoms with Gasteiger partial charge in [-0.1, -0.05) is 25.6 Å². The Bertz CT molecular complexity index is 483. The zero-order valence-electron chi connectivity index (χ0n) is 14.4. The average molecular weight is 378 g/mol. The molecular weight excluding hydrogens is 352 g/mol. The molecule has 0 fully saturated rings.